The standard InChI is InChI=1S/C9H14O/c1-4-9(5-2,10-3)8-6-7-8/h4-5,8H,1-2,6-7H2,3H3. The third kappa shape index (κ3) is 1.01. The van der Waals surface area contributed by atoms with E-state index < -0.39 is 0 Å². The van der Waals surface area contributed by atoms with Gasteiger partial charge in [0.15, 0.2) is 0 Å². The zero-order chi connectivity index (χ0) is 7.61. The zero-order valence-electron chi connectivity index (χ0n) is 6.47. The van der Waals surface area contributed by atoms with Gasteiger partial charge in [0, 0.05) is 7.11 Å². The van der Waals surface area contributed by atoms with Crippen molar-refractivity contribution in [1.29, 1.82) is 0 Å². The number of methoxy groups -OCH3 is 1. The first-order valence-electron chi connectivity index (χ1n) is 3.61. The molecule has 0 spiro atoms. The highest BCUT2D eigenvalue weighted by atomic mass is 16.5. The number of hydrogen-bond acceptors (Lipinski definition) is 1. The van der Waals surface area contributed by atoms with E-state index in [0.29, 0.717) is 5.92 Å². The predicted octanol–water partition coefficient (Wildman–Crippen LogP) is 2.15. The quantitative estimate of drug-likeness (QED) is 0.541. The Balaban J connectivity index is 2.69. The SMILES string of the molecule is C=CC(C=C)(OC)C1CC1. The van der Waals surface area contributed by atoms with Crippen molar-refractivity contribution in [3.63, 3.8) is 0 Å². The second kappa shape index (κ2) is 2.59. The van der Waals surface area contributed by atoms with Crippen LogP contribution >= 0.6 is 0 Å². The maximum Gasteiger partial charge on any atom is 0.106 e. The molecule has 0 saturated heterocycles. The Kier molecular flexibility index (Phi) is 1.95. The molecule has 0 bridgehead atoms. The molecule has 1 nitrogen and oxygen atoms in total. The summed E-state index contributed by atoms with van der Waals surface area (Å²) >= 11 is 0. The molecule has 1 aliphatic carbocycles. The van der Waals surface area contributed by atoms with Gasteiger partial charge in [0.2, 0.25) is 0 Å². The Morgan fingerprint density at radius 1 is 1.40 bits per heavy atom. The lowest BCUT2D eigenvalue weighted by Gasteiger charge is -2.24. The Morgan fingerprint density at radius 2 is 1.90 bits per heavy atom. The van der Waals surface area contributed by atoms with Crippen LogP contribution < -0.4 is 0 Å². The lowest BCUT2D eigenvalue weighted by atomic mass is 9.98. The molecule has 1 fully saturated rings. The molecule has 0 aromatic heterocycles. The number of hydrogen-bond donors (Lipinski definition) is 0. The summed E-state index contributed by atoms with van der Waals surface area (Å²) in [5.74, 6) is 0.632. The van der Waals surface area contributed by atoms with Crippen LogP contribution in [0.5, 0.6) is 0 Å². The van der Waals surface area contributed by atoms with Crippen LogP contribution in [0.15, 0.2) is 25.3 Å². The van der Waals surface area contributed by atoms with Gasteiger partial charge in [-0.15, -0.1) is 0 Å². The van der Waals surface area contributed by atoms with E-state index in [0.717, 1.165) is 0 Å². The molecule has 0 atom stereocenters. The molecular formula is C9H14O. The van der Waals surface area contributed by atoms with Crippen LogP contribution in [-0.4, -0.2) is 12.7 Å². The highest BCUT2D eigenvalue weighted by Gasteiger charge is 2.40. The molecule has 0 unspecified atom stereocenters. The number of rotatable bonds is 4. The highest BCUT2D eigenvalue weighted by Crippen LogP contribution is 2.42. The van der Waals surface area contributed by atoms with Gasteiger partial charge in [-0.3, -0.25) is 0 Å². The van der Waals surface area contributed by atoms with Crippen LogP contribution in [0, 0.1) is 5.92 Å². The molecule has 56 valence electrons. The first-order valence-corrected chi connectivity index (χ1v) is 3.61. The molecule has 1 saturated carbocycles. The van der Waals surface area contributed by atoms with Gasteiger partial charge in [-0.1, -0.05) is 25.3 Å². The minimum Gasteiger partial charge on any atom is -0.370 e. The summed E-state index contributed by atoms with van der Waals surface area (Å²) < 4.78 is 5.32. The van der Waals surface area contributed by atoms with Crippen molar-refractivity contribution >= 4 is 0 Å². The van der Waals surface area contributed by atoms with E-state index in [1.807, 2.05) is 12.2 Å². The van der Waals surface area contributed by atoms with Crippen molar-refractivity contribution in [3.8, 4) is 0 Å². The van der Waals surface area contributed by atoms with E-state index in [9.17, 15) is 0 Å². The van der Waals surface area contributed by atoms with Crippen molar-refractivity contribution in [2.75, 3.05) is 7.11 Å². The van der Waals surface area contributed by atoms with E-state index in [4.69, 9.17) is 4.74 Å². The van der Waals surface area contributed by atoms with Crippen molar-refractivity contribution in [3.05, 3.63) is 25.3 Å². The minimum atomic E-state index is -0.236. The summed E-state index contributed by atoms with van der Waals surface area (Å²) in [7, 11) is 1.71. The van der Waals surface area contributed by atoms with E-state index in [1.54, 1.807) is 7.11 Å². The van der Waals surface area contributed by atoms with E-state index in [2.05, 4.69) is 13.2 Å². The second-order valence-electron chi connectivity index (χ2n) is 2.74. The largest absolute Gasteiger partial charge is 0.370 e. The zero-order valence-corrected chi connectivity index (χ0v) is 6.47. The van der Waals surface area contributed by atoms with Gasteiger partial charge in [-0.05, 0) is 18.8 Å². The molecule has 0 heterocycles. The number of ether oxygens (including phenoxy) is 1. The molecule has 0 amide bonds. The van der Waals surface area contributed by atoms with Crippen LogP contribution in [0.4, 0.5) is 0 Å². The van der Waals surface area contributed by atoms with Gasteiger partial charge in [-0.2, -0.15) is 0 Å². The fourth-order valence-electron chi connectivity index (χ4n) is 1.28. The molecular weight excluding hydrogens is 124 g/mol. The molecule has 1 heteroatoms. The second-order valence-corrected chi connectivity index (χ2v) is 2.74. The van der Waals surface area contributed by atoms with Gasteiger partial charge < -0.3 is 4.74 Å². The third-order valence-corrected chi connectivity index (χ3v) is 2.21. The van der Waals surface area contributed by atoms with Crippen molar-refractivity contribution in [2.24, 2.45) is 5.92 Å². The van der Waals surface area contributed by atoms with Gasteiger partial charge in [-0.25, -0.2) is 0 Å². The minimum absolute atomic E-state index is 0.236. The van der Waals surface area contributed by atoms with Crippen molar-refractivity contribution in [1.82, 2.24) is 0 Å². The van der Waals surface area contributed by atoms with Gasteiger partial charge >= 0.3 is 0 Å². The van der Waals surface area contributed by atoms with Gasteiger partial charge in [0.1, 0.15) is 5.60 Å². The first kappa shape index (κ1) is 7.55. The normalized spacial score (nSPS) is 18.5. The Bertz CT molecular complexity index is 137. The monoisotopic (exact) mass is 138 g/mol. The topological polar surface area (TPSA) is 9.23 Å². The summed E-state index contributed by atoms with van der Waals surface area (Å²) in [4.78, 5) is 0. The van der Waals surface area contributed by atoms with Crippen LogP contribution in [0.3, 0.4) is 0 Å². The highest BCUT2D eigenvalue weighted by molar-refractivity contribution is 5.16. The fourth-order valence-corrected chi connectivity index (χ4v) is 1.28. The molecule has 0 aliphatic heterocycles. The van der Waals surface area contributed by atoms with Crippen LogP contribution in [0.2, 0.25) is 0 Å². The average molecular weight is 138 g/mol. The van der Waals surface area contributed by atoms with Crippen LogP contribution in [-0.2, 0) is 4.74 Å². The average Bonchev–Trinajstić information content (AvgIpc) is 2.77. The maximum atomic E-state index is 5.32. The maximum absolute atomic E-state index is 5.32. The summed E-state index contributed by atoms with van der Waals surface area (Å²) in [5.41, 5.74) is -0.236. The van der Waals surface area contributed by atoms with Gasteiger partial charge in [0.25, 0.3) is 0 Å². The molecule has 1 aliphatic rings. The van der Waals surface area contributed by atoms with E-state index in [-0.39, 0.29) is 5.60 Å². The fraction of sp³-hybridized carbons (Fsp3) is 0.556. The summed E-state index contributed by atoms with van der Waals surface area (Å²) in [6.07, 6.45) is 6.17. The molecule has 1 rings (SSSR count). The Labute approximate surface area is 62.4 Å². The van der Waals surface area contributed by atoms with Crippen LogP contribution in [0.1, 0.15) is 12.8 Å². The van der Waals surface area contributed by atoms with Crippen molar-refractivity contribution in [2.45, 2.75) is 18.4 Å². The molecule has 10 heavy (non-hydrogen) atoms. The molecule has 0 aromatic rings. The smallest absolute Gasteiger partial charge is 0.106 e. The van der Waals surface area contributed by atoms with E-state index in [1.165, 1.54) is 12.8 Å². The summed E-state index contributed by atoms with van der Waals surface area (Å²) in [6, 6.07) is 0. The lowest BCUT2D eigenvalue weighted by Crippen LogP contribution is -2.27. The summed E-state index contributed by atoms with van der Waals surface area (Å²) in [5, 5.41) is 0. The summed E-state index contributed by atoms with van der Waals surface area (Å²) in [6.45, 7) is 7.48. The lowest BCUT2D eigenvalue weighted by molar-refractivity contribution is 0.0558. The van der Waals surface area contributed by atoms with Crippen molar-refractivity contribution < 1.29 is 4.74 Å². The van der Waals surface area contributed by atoms with Gasteiger partial charge in [0.05, 0.1) is 0 Å². The first-order chi connectivity index (χ1) is 4.79. The third-order valence-electron chi connectivity index (χ3n) is 2.21. The predicted molar refractivity (Wildman–Crippen MR) is 42.9 cm³/mol. The molecule has 0 radical (unpaired) electrons. The molecule has 0 aromatic carbocycles. The Hall–Kier alpha value is -0.560. The Morgan fingerprint density at radius 3 is 2.00 bits per heavy atom. The molecule has 0 N–H and O–H groups in total. The van der Waals surface area contributed by atoms with E-state index >= 15 is 0 Å². The van der Waals surface area contributed by atoms with Crippen LogP contribution in [0.25, 0.3) is 0 Å².